The van der Waals surface area contributed by atoms with Crippen molar-refractivity contribution in [2.75, 3.05) is 7.11 Å². The van der Waals surface area contributed by atoms with Gasteiger partial charge in [-0.15, -0.1) is 11.3 Å². The van der Waals surface area contributed by atoms with E-state index in [0.717, 1.165) is 5.69 Å². The maximum Gasteiger partial charge on any atom is 0.367 e. The Kier molecular flexibility index (Phi) is 2.59. The molecule has 1 radical (unpaired) electrons. The molecule has 0 aliphatic carbocycles. The molecule has 1 aromatic heterocycles. The van der Waals surface area contributed by atoms with Crippen LogP contribution in [0.1, 0.15) is 15.5 Å². The maximum atomic E-state index is 10.8. The third-order valence-electron chi connectivity index (χ3n) is 1.17. The Morgan fingerprint density at radius 3 is 3.09 bits per heavy atom. The first-order chi connectivity index (χ1) is 5.27. The highest BCUT2D eigenvalue weighted by atomic mass is 32.1. The highest BCUT2D eigenvalue weighted by Gasteiger charge is 2.09. The van der Waals surface area contributed by atoms with Crippen molar-refractivity contribution >= 4 is 17.3 Å². The number of methoxy groups -OCH3 is 1. The van der Waals surface area contributed by atoms with Gasteiger partial charge in [-0.3, -0.25) is 0 Å². The summed E-state index contributed by atoms with van der Waals surface area (Å²) in [5.41, 5.74) is 0.829. The smallest absolute Gasteiger partial charge is 0.367 e. The molecule has 0 aromatic carbocycles. The minimum Gasteiger partial charge on any atom is -0.464 e. The number of rotatable bonds is 2. The standard InChI is InChI=1S/C7H8NO2S/c1-3-5-4-11-6(8-5)7(9)10-2/h4H,1,3H2,2H3. The minimum atomic E-state index is -0.380. The molecule has 11 heavy (non-hydrogen) atoms. The summed E-state index contributed by atoms with van der Waals surface area (Å²) >= 11 is 1.28. The summed E-state index contributed by atoms with van der Waals surface area (Å²) in [4.78, 5) is 14.8. The van der Waals surface area contributed by atoms with Crippen molar-refractivity contribution in [2.24, 2.45) is 0 Å². The predicted octanol–water partition coefficient (Wildman–Crippen LogP) is 1.31. The molecule has 0 saturated heterocycles. The Balaban J connectivity index is 2.80. The Labute approximate surface area is 69.0 Å². The van der Waals surface area contributed by atoms with E-state index in [1.165, 1.54) is 18.4 Å². The second-order valence-electron chi connectivity index (χ2n) is 1.89. The summed E-state index contributed by atoms with van der Waals surface area (Å²) in [7, 11) is 1.34. The summed E-state index contributed by atoms with van der Waals surface area (Å²) < 4.78 is 4.48. The topological polar surface area (TPSA) is 39.2 Å². The lowest BCUT2D eigenvalue weighted by Crippen LogP contribution is -2.00. The fourth-order valence-electron chi connectivity index (χ4n) is 0.603. The van der Waals surface area contributed by atoms with E-state index in [9.17, 15) is 4.79 Å². The first kappa shape index (κ1) is 8.20. The number of carbonyl (C=O) groups is 1. The van der Waals surface area contributed by atoms with Crippen LogP contribution >= 0.6 is 11.3 Å². The van der Waals surface area contributed by atoms with E-state index in [4.69, 9.17) is 0 Å². The molecule has 0 aliphatic heterocycles. The number of aromatic nitrogens is 1. The molecule has 1 heterocycles. The molecule has 0 aliphatic rings. The van der Waals surface area contributed by atoms with E-state index >= 15 is 0 Å². The van der Waals surface area contributed by atoms with Crippen LogP contribution in [0.3, 0.4) is 0 Å². The van der Waals surface area contributed by atoms with E-state index in [0.29, 0.717) is 11.4 Å². The van der Waals surface area contributed by atoms with E-state index in [-0.39, 0.29) is 5.97 Å². The number of nitrogens with zero attached hydrogens (tertiary/aromatic N) is 1. The van der Waals surface area contributed by atoms with Crippen molar-refractivity contribution in [3.63, 3.8) is 0 Å². The molecule has 1 aromatic rings. The first-order valence-electron chi connectivity index (χ1n) is 3.10. The van der Waals surface area contributed by atoms with Crippen molar-refractivity contribution in [2.45, 2.75) is 6.42 Å². The lowest BCUT2D eigenvalue weighted by atomic mass is 10.4. The van der Waals surface area contributed by atoms with Crippen molar-refractivity contribution in [3.05, 3.63) is 23.0 Å². The molecule has 1 rings (SSSR count). The fraction of sp³-hybridized carbons (Fsp3) is 0.286. The summed E-state index contributed by atoms with van der Waals surface area (Å²) in [6.45, 7) is 3.65. The molecule has 0 saturated carbocycles. The van der Waals surface area contributed by atoms with Crippen LogP contribution in [0.15, 0.2) is 5.38 Å². The zero-order valence-electron chi connectivity index (χ0n) is 6.16. The summed E-state index contributed by atoms with van der Waals surface area (Å²) in [5.74, 6) is -0.380. The molecule has 0 spiro atoms. The van der Waals surface area contributed by atoms with E-state index in [1.54, 1.807) is 5.38 Å². The zero-order chi connectivity index (χ0) is 8.27. The van der Waals surface area contributed by atoms with Gasteiger partial charge in [0.1, 0.15) is 0 Å². The quantitative estimate of drug-likeness (QED) is 0.628. The number of hydrogen-bond acceptors (Lipinski definition) is 4. The third kappa shape index (κ3) is 1.77. The summed E-state index contributed by atoms with van der Waals surface area (Å²) in [6.07, 6.45) is 0.605. The van der Waals surface area contributed by atoms with E-state index in [2.05, 4.69) is 16.6 Å². The van der Waals surface area contributed by atoms with Crippen LogP contribution in [0.2, 0.25) is 0 Å². The van der Waals surface area contributed by atoms with Gasteiger partial charge in [0, 0.05) is 5.38 Å². The van der Waals surface area contributed by atoms with Gasteiger partial charge in [-0.25, -0.2) is 9.78 Å². The zero-order valence-corrected chi connectivity index (χ0v) is 6.98. The average molecular weight is 170 g/mol. The number of hydrogen-bond donors (Lipinski definition) is 0. The lowest BCUT2D eigenvalue weighted by Gasteiger charge is -1.90. The van der Waals surface area contributed by atoms with Gasteiger partial charge in [0.25, 0.3) is 0 Å². The van der Waals surface area contributed by atoms with Gasteiger partial charge in [-0.2, -0.15) is 0 Å². The molecule has 59 valence electrons. The maximum absolute atomic E-state index is 10.8. The molecule has 0 fully saturated rings. The fourth-order valence-corrected chi connectivity index (χ4v) is 1.37. The molecule has 0 unspecified atom stereocenters. The Morgan fingerprint density at radius 2 is 2.64 bits per heavy atom. The normalized spacial score (nSPS) is 9.64. The SMILES string of the molecule is [CH2]Cc1csc(C(=O)OC)n1. The molecule has 0 N–H and O–H groups in total. The second kappa shape index (κ2) is 3.48. The van der Waals surface area contributed by atoms with Crippen LogP contribution in [0.25, 0.3) is 0 Å². The van der Waals surface area contributed by atoms with E-state index in [1.807, 2.05) is 0 Å². The van der Waals surface area contributed by atoms with Gasteiger partial charge in [0.15, 0.2) is 0 Å². The van der Waals surface area contributed by atoms with Crippen molar-refractivity contribution in [1.29, 1.82) is 0 Å². The average Bonchev–Trinajstić information content (AvgIpc) is 2.50. The minimum absolute atomic E-state index is 0.380. The highest BCUT2D eigenvalue weighted by molar-refractivity contribution is 7.11. The predicted molar refractivity (Wildman–Crippen MR) is 42.5 cm³/mol. The largest absolute Gasteiger partial charge is 0.464 e. The Morgan fingerprint density at radius 1 is 1.91 bits per heavy atom. The Bertz CT molecular complexity index is 257. The molecule has 4 heteroatoms. The van der Waals surface area contributed by atoms with Crippen LogP contribution < -0.4 is 0 Å². The molecular weight excluding hydrogens is 162 g/mol. The van der Waals surface area contributed by atoms with Gasteiger partial charge < -0.3 is 4.74 Å². The van der Waals surface area contributed by atoms with Crippen molar-refractivity contribution in [1.82, 2.24) is 4.98 Å². The summed E-state index contributed by atoms with van der Waals surface area (Å²) in [5, 5.41) is 2.20. The lowest BCUT2D eigenvalue weighted by molar-refractivity contribution is 0.0600. The van der Waals surface area contributed by atoms with Gasteiger partial charge >= 0.3 is 5.97 Å². The van der Waals surface area contributed by atoms with Crippen LogP contribution in [-0.4, -0.2) is 18.1 Å². The Hall–Kier alpha value is -0.900. The molecule has 0 atom stereocenters. The third-order valence-corrected chi connectivity index (χ3v) is 2.04. The van der Waals surface area contributed by atoms with Crippen molar-refractivity contribution < 1.29 is 9.53 Å². The molecular formula is C7H8NO2S. The number of carbonyl (C=O) groups excluding carboxylic acids is 1. The number of esters is 1. The number of thiazole rings is 1. The van der Waals surface area contributed by atoms with Crippen LogP contribution in [0.5, 0.6) is 0 Å². The highest BCUT2D eigenvalue weighted by Crippen LogP contribution is 2.10. The van der Waals surface area contributed by atoms with Gasteiger partial charge in [0.05, 0.1) is 12.8 Å². The van der Waals surface area contributed by atoms with Gasteiger partial charge in [0.2, 0.25) is 5.01 Å². The molecule has 0 amide bonds. The van der Waals surface area contributed by atoms with E-state index < -0.39 is 0 Å². The second-order valence-corrected chi connectivity index (χ2v) is 2.74. The van der Waals surface area contributed by atoms with Crippen LogP contribution in [0, 0.1) is 6.92 Å². The van der Waals surface area contributed by atoms with Crippen LogP contribution in [0.4, 0.5) is 0 Å². The van der Waals surface area contributed by atoms with Gasteiger partial charge in [-0.05, 0) is 13.3 Å². The molecule has 3 nitrogen and oxygen atoms in total. The van der Waals surface area contributed by atoms with Crippen LogP contribution in [-0.2, 0) is 11.2 Å². The monoisotopic (exact) mass is 170 g/mol. The van der Waals surface area contributed by atoms with Crippen molar-refractivity contribution in [3.8, 4) is 0 Å². The summed E-state index contributed by atoms with van der Waals surface area (Å²) in [6, 6.07) is 0. The first-order valence-corrected chi connectivity index (χ1v) is 3.98. The number of ether oxygens (including phenoxy) is 1. The van der Waals surface area contributed by atoms with Gasteiger partial charge in [-0.1, -0.05) is 0 Å². The molecule has 0 bridgehead atoms.